The van der Waals surface area contributed by atoms with E-state index in [0.29, 0.717) is 32.1 Å². The molecule has 1 aromatic carbocycles. The molecule has 8 nitrogen and oxygen atoms in total. The van der Waals surface area contributed by atoms with Gasteiger partial charge in [0.25, 0.3) is 11.6 Å². The second kappa shape index (κ2) is 7.00. The number of benzene rings is 1. The number of carbonyl (C=O) groups excluding carboxylic acids is 1. The second-order valence-electron chi connectivity index (χ2n) is 4.42. The molecule has 1 saturated heterocycles. The van der Waals surface area contributed by atoms with Gasteiger partial charge in [0, 0.05) is 13.1 Å². The zero-order chi connectivity index (χ0) is 15.2. The normalized spacial score (nSPS) is 18.0. The zero-order valence-electron chi connectivity index (χ0n) is 11.6. The molecule has 1 atom stereocenters. The van der Waals surface area contributed by atoms with Crippen LogP contribution in [0.5, 0.6) is 5.75 Å². The predicted octanol–water partition coefficient (Wildman–Crippen LogP) is 0.920. The first-order valence-electron chi connectivity index (χ1n) is 6.66. The molecule has 0 bridgehead atoms. The number of rotatable bonds is 5. The first kappa shape index (κ1) is 15.2. The minimum Gasteiger partial charge on any atom is -0.494 e. The number of anilines is 1. The molecule has 2 rings (SSSR count). The van der Waals surface area contributed by atoms with Crippen molar-refractivity contribution in [2.45, 2.75) is 13.0 Å². The van der Waals surface area contributed by atoms with Gasteiger partial charge in [-0.3, -0.25) is 14.9 Å². The van der Waals surface area contributed by atoms with E-state index in [1.807, 2.05) is 0 Å². The molecule has 2 N–H and O–H groups in total. The van der Waals surface area contributed by atoms with Crippen LogP contribution < -0.4 is 15.4 Å². The number of hydrogen-bond donors (Lipinski definition) is 2. The van der Waals surface area contributed by atoms with Gasteiger partial charge in [-0.1, -0.05) is 0 Å². The largest absolute Gasteiger partial charge is 0.494 e. The molecule has 8 heteroatoms. The van der Waals surface area contributed by atoms with Crippen LogP contribution in [0, 0.1) is 10.1 Å². The van der Waals surface area contributed by atoms with Crippen molar-refractivity contribution in [3.05, 3.63) is 28.3 Å². The van der Waals surface area contributed by atoms with Crippen molar-refractivity contribution in [1.29, 1.82) is 0 Å². The lowest BCUT2D eigenvalue weighted by atomic mass is 10.2. The Labute approximate surface area is 121 Å². The number of nitro groups is 1. The van der Waals surface area contributed by atoms with Gasteiger partial charge in [-0.05, 0) is 19.1 Å². The molecule has 0 spiro atoms. The maximum Gasteiger partial charge on any atom is 0.296 e. The fourth-order valence-corrected chi connectivity index (χ4v) is 1.97. The van der Waals surface area contributed by atoms with Crippen LogP contribution in [0.2, 0.25) is 0 Å². The average Bonchev–Trinajstić information content (AvgIpc) is 2.49. The van der Waals surface area contributed by atoms with Crippen molar-refractivity contribution < 1.29 is 19.2 Å². The molecule has 1 heterocycles. The molecule has 1 amide bonds. The van der Waals surface area contributed by atoms with Gasteiger partial charge in [0.2, 0.25) is 0 Å². The van der Waals surface area contributed by atoms with Gasteiger partial charge in [0.1, 0.15) is 17.5 Å². The molecule has 0 aromatic heterocycles. The van der Waals surface area contributed by atoms with Crippen molar-refractivity contribution in [3.8, 4) is 5.75 Å². The molecule has 1 aliphatic rings. The van der Waals surface area contributed by atoms with E-state index in [2.05, 4.69) is 10.6 Å². The highest BCUT2D eigenvalue weighted by atomic mass is 16.6. The van der Waals surface area contributed by atoms with E-state index in [9.17, 15) is 14.9 Å². The molecular formula is C13H17N3O5. The highest BCUT2D eigenvalue weighted by Gasteiger charge is 2.24. The van der Waals surface area contributed by atoms with Crippen LogP contribution in [0.25, 0.3) is 0 Å². The molecule has 1 unspecified atom stereocenters. The van der Waals surface area contributed by atoms with E-state index in [4.69, 9.17) is 9.47 Å². The molecule has 1 aromatic rings. The lowest BCUT2D eigenvalue weighted by Crippen LogP contribution is -2.45. The molecular weight excluding hydrogens is 278 g/mol. The number of nitrogens with one attached hydrogen (secondary N) is 2. The first-order valence-corrected chi connectivity index (χ1v) is 6.66. The van der Waals surface area contributed by atoms with Gasteiger partial charge >= 0.3 is 0 Å². The van der Waals surface area contributed by atoms with Crippen LogP contribution in [0.1, 0.15) is 6.92 Å². The molecule has 0 saturated carbocycles. The Kier molecular flexibility index (Phi) is 5.07. The number of nitrogens with zero attached hydrogens (tertiary/aromatic N) is 1. The number of carbonyl (C=O) groups is 1. The van der Waals surface area contributed by atoms with Crippen molar-refractivity contribution in [1.82, 2.24) is 5.32 Å². The van der Waals surface area contributed by atoms with E-state index >= 15 is 0 Å². The van der Waals surface area contributed by atoms with Crippen molar-refractivity contribution >= 4 is 17.3 Å². The summed E-state index contributed by atoms with van der Waals surface area (Å²) in [4.78, 5) is 22.6. The second-order valence-corrected chi connectivity index (χ2v) is 4.42. The number of ether oxygens (including phenoxy) is 2. The quantitative estimate of drug-likeness (QED) is 0.618. The fourth-order valence-electron chi connectivity index (χ4n) is 1.97. The van der Waals surface area contributed by atoms with Crippen LogP contribution in [0.15, 0.2) is 18.2 Å². The number of morpholine rings is 1. The highest BCUT2D eigenvalue weighted by molar-refractivity contribution is 5.96. The van der Waals surface area contributed by atoms with Crippen LogP contribution in [0.3, 0.4) is 0 Å². The molecule has 114 valence electrons. The van der Waals surface area contributed by atoms with Gasteiger partial charge < -0.3 is 20.1 Å². The summed E-state index contributed by atoms with van der Waals surface area (Å²) >= 11 is 0. The van der Waals surface area contributed by atoms with Crippen LogP contribution in [-0.2, 0) is 9.53 Å². The lowest BCUT2D eigenvalue weighted by Gasteiger charge is -2.22. The minimum atomic E-state index is -0.648. The molecule has 1 fully saturated rings. The monoisotopic (exact) mass is 295 g/mol. The van der Waals surface area contributed by atoms with Crippen LogP contribution >= 0.6 is 0 Å². The molecule has 0 radical (unpaired) electrons. The summed E-state index contributed by atoms with van der Waals surface area (Å²) < 4.78 is 10.5. The SMILES string of the molecule is CCOc1ccc(NC(=O)C2CNCCO2)c([N+](=O)[O-])c1. The Bertz CT molecular complexity index is 529. The first-order chi connectivity index (χ1) is 10.1. The van der Waals surface area contributed by atoms with E-state index in [1.54, 1.807) is 13.0 Å². The lowest BCUT2D eigenvalue weighted by molar-refractivity contribution is -0.384. The van der Waals surface area contributed by atoms with Crippen molar-refractivity contribution in [2.75, 3.05) is 31.6 Å². The minimum absolute atomic E-state index is 0.127. The van der Waals surface area contributed by atoms with E-state index in [0.717, 1.165) is 0 Å². The third-order valence-corrected chi connectivity index (χ3v) is 2.95. The average molecular weight is 295 g/mol. The third kappa shape index (κ3) is 3.89. The Hall–Kier alpha value is -2.19. The summed E-state index contributed by atoms with van der Waals surface area (Å²) in [7, 11) is 0. The smallest absolute Gasteiger partial charge is 0.296 e. The molecule has 0 aliphatic carbocycles. The summed E-state index contributed by atoms with van der Waals surface area (Å²) in [6.45, 7) is 3.70. The van der Waals surface area contributed by atoms with Crippen LogP contribution in [0.4, 0.5) is 11.4 Å². The summed E-state index contributed by atoms with van der Waals surface area (Å²) in [5, 5.41) is 16.6. The van der Waals surface area contributed by atoms with E-state index < -0.39 is 16.9 Å². The maximum absolute atomic E-state index is 12.0. The van der Waals surface area contributed by atoms with Crippen molar-refractivity contribution in [3.63, 3.8) is 0 Å². The van der Waals surface area contributed by atoms with Gasteiger partial charge in [-0.25, -0.2) is 0 Å². The van der Waals surface area contributed by atoms with Gasteiger partial charge in [0.15, 0.2) is 0 Å². The summed E-state index contributed by atoms with van der Waals surface area (Å²) in [6, 6.07) is 4.32. The number of amides is 1. The molecule has 21 heavy (non-hydrogen) atoms. The number of nitro benzene ring substituents is 1. The Morgan fingerprint density at radius 2 is 2.43 bits per heavy atom. The van der Waals surface area contributed by atoms with Gasteiger partial charge in [0.05, 0.1) is 24.2 Å². The van der Waals surface area contributed by atoms with Crippen molar-refractivity contribution in [2.24, 2.45) is 0 Å². The van der Waals surface area contributed by atoms with E-state index in [1.165, 1.54) is 12.1 Å². The van der Waals surface area contributed by atoms with Gasteiger partial charge in [-0.2, -0.15) is 0 Å². The Morgan fingerprint density at radius 1 is 1.62 bits per heavy atom. The van der Waals surface area contributed by atoms with E-state index in [-0.39, 0.29) is 11.4 Å². The summed E-state index contributed by atoms with van der Waals surface area (Å²) in [5.41, 5.74) is -0.0827. The predicted molar refractivity (Wildman–Crippen MR) is 75.5 cm³/mol. The third-order valence-electron chi connectivity index (χ3n) is 2.95. The summed E-state index contributed by atoms with van der Waals surface area (Å²) in [5.74, 6) is -0.0211. The Morgan fingerprint density at radius 3 is 3.05 bits per heavy atom. The summed E-state index contributed by atoms with van der Waals surface area (Å²) in [6.07, 6.45) is -0.648. The van der Waals surface area contributed by atoms with Crippen LogP contribution in [-0.4, -0.2) is 43.2 Å². The number of hydrogen-bond acceptors (Lipinski definition) is 6. The topological polar surface area (TPSA) is 103 Å². The van der Waals surface area contributed by atoms with Gasteiger partial charge in [-0.15, -0.1) is 0 Å². The Balaban J connectivity index is 2.14. The standard InChI is InChI=1S/C13H17N3O5/c1-2-20-9-3-4-10(11(7-9)16(18)19)15-13(17)12-8-14-5-6-21-12/h3-4,7,12,14H,2,5-6,8H2,1H3,(H,15,17). The molecule has 1 aliphatic heterocycles. The fraction of sp³-hybridized carbons (Fsp3) is 0.462. The zero-order valence-corrected chi connectivity index (χ0v) is 11.6. The highest BCUT2D eigenvalue weighted by Crippen LogP contribution is 2.29. The maximum atomic E-state index is 12.0.